The summed E-state index contributed by atoms with van der Waals surface area (Å²) < 4.78 is 5.10. The molecule has 0 aromatic heterocycles. The molecule has 0 spiro atoms. The monoisotopic (exact) mass is 250 g/mol. The lowest BCUT2D eigenvalue weighted by Gasteiger charge is -2.12. The van der Waals surface area contributed by atoms with Crippen molar-refractivity contribution in [3.05, 3.63) is 23.3 Å². The lowest BCUT2D eigenvalue weighted by molar-refractivity contribution is -0.116. The van der Waals surface area contributed by atoms with Crippen LogP contribution in [0.15, 0.2) is 12.1 Å². The first-order chi connectivity index (χ1) is 8.43. The van der Waals surface area contributed by atoms with E-state index >= 15 is 0 Å². The van der Waals surface area contributed by atoms with Crippen LogP contribution < -0.4 is 11.1 Å². The predicted octanol–water partition coefficient (Wildman–Crippen LogP) is 2.64. The molecule has 0 radical (unpaired) electrons. The van der Waals surface area contributed by atoms with Gasteiger partial charge in [-0.3, -0.25) is 4.79 Å². The number of nitrogen functional groups attached to an aromatic ring is 1. The number of rotatable bonds is 5. The van der Waals surface area contributed by atoms with E-state index in [9.17, 15) is 4.79 Å². The molecule has 100 valence electrons. The minimum atomic E-state index is -0.0335. The van der Waals surface area contributed by atoms with Gasteiger partial charge < -0.3 is 15.8 Å². The number of hydrogen-bond acceptors (Lipinski definition) is 3. The van der Waals surface area contributed by atoms with E-state index in [0.717, 1.165) is 11.1 Å². The molecule has 1 atom stereocenters. The molecule has 1 unspecified atom stereocenters. The number of aryl methyl sites for hydroxylation is 2. The summed E-state index contributed by atoms with van der Waals surface area (Å²) in [4.78, 5) is 11.8. The van der Waals surface area contributed by atoms with Gasteiger partial charge in [0, 0.05) is 13.5 Å². The average molecular weight is 250 g/mol. The lowest BCUT2D eigenvalue weighted by atomic mass is 10.1. The predicted molar refractivity (Wildman–Crippen MR) is 74.7 cm³/mol. The van der Waals surface area contributed by atoms with Gasteiger partial charge >= 0.3 is 0 Å². The lowest BCUT2D eigenvalue weighted by Crippen LogP contribution is -2.16. The van der Waals surface area contributed by atoms with Crippen molar-refractivity contribution in [3.63, 3.8) is 0 Å². The van der Waals surface area contributed by atoms with Crippen molar-refractivity contribution in [1.82, 2.24) is 0 Å². The third kappa shape index (κ3) is 4.04. The highest BCUT2D eigenvalue weighted by atomic mass is 16.5. The smallest absolute Gasteiger partial charge is 0.224 e. The van der Waals surface area contributed by atoms with E-state index in [2.05, 4.69) is 5.32 Å². The Bertz CT molecular complexity index is 430. The molecular weight excluding hydrogens is 228 g/mol. The summed E-state index contributed by atoms with van der Waals surface area (Å²) in [7, 11) is 1.64. The van der Waals surface area contributed by atoms with E-state index in [4.69, 9.17) is 10.5 Å². The highest BCUT2D eigenvalue weighted by Gasteiger charge is 2.09. The van der Waals surface area contributed by atoms with Gasteiger partial charge in [-0.1, -0.05) is 0 Å². The molecule has 0 bridgehead atoms. The summed E-state index contributed by atoms with van der Waals surface area (Å²) in [6, 6.07) is 3.78. The van der Waals surface area contributed by atoms with Crippen LogP contribution in [0.5, 0.6) is 0 Å². The van der Waals surface area contributed by atoms with Gasteiger partial charge in [0.1, 0.15) is 0 Å². The van der Waals surface area contributed by atoms with Gasteiger partial charge in [0.2, 0.25) is 5.91 Å². The minimum Gasteiger partial charge on any atom is -0.397 e. The van der Waals surface area contributed by atoms with Crippen molar-refractivity contribution in [2.75, 3.05) is 18.2 Å². The molecule has 4 nitrogen and oxygen atoms in total. The van der Waals surface area contributed by atoms with E-state index in [1.165, 1.54) is 0 Å². The molecule has 18 heavy (non-hydrogen) atoms. The summed E-state index contributed by atoms with van der Waals surface area (Å²) in [5.41, 5.74) is 9.41. The topological polar surface area (TPSA) is 64.3 Å². The molecule has 1 amide bonds. The molecule has 3 N–H and O–H groups in total. The second-order valence-corrected chi connectivity index (χ2v) is 4.66. The Hall–Kier alpha value is -1.55. The molecule has 1 aromatic carbocycles. The Morgan fingerprint density at radius 2 is 2.00 bits per heavy atom. The molecule has 0 saturated heterocycles. The highest BCUT2D eigenvalue weighted by Crippen LogP contribution is 2.23. The van der Waals surface area contributed by atoms with Crippen LogP contribution in [0.1, 0.15) is 30.9 Å². The second-order valence-electron chi connectivity index (χ2n) is 4.66. The van der Waals surface area contributed by atoms with E-state index in [1.54, 1.807) is 7.11 Å². The van der Waals surface area contributed by atoms with E-state index in [-0.39, 0.29) is 12.0 Å². The van der Waals surface area contributed by atoms with Crippen LogP contribution in [0.2, 0.25) is 0 Å². The molecule has 0 fully saturated rings. The largest absolute Gasteiger partial charge is 0.397 e. The van der Waals surface area contributed by atoms with E-state index in [1.807, 2.05) is 32.9 Å². The van der Waals surface area contributed by atoms with Gasteiger partial charge in [-0.2, -0.15) is 0 Å². The standard InChI is InChI=1S/C14H22N2O2/c1-9-7-12(15)13(8-10(9)2)16-14(17)6-5-11(3)18-4/h7-8,11H,5-6,15H2,1-4H3,(H,16,17). The number of nitrogens with one attached hydrogen (secondary N) is 1. The molecule has 0 aliphatic carbocycles. The Balaban J connectivity index is 2.62. The summed E-state index contributed by atoms with van der Waals surface area (Å²) >= 11 is 0. The van der Waals surface area contributed by atoms with E-state index < -0.39 is 0 Å². The van der Waals surface area contributed by atoms with Crippen LogP contribution in [0.4, 0.5) is 11.4 Å². The number of carbonyl (C=O) groups is 1. The van der Waals surface area contributed by atoms with Gasteiger partial charge in [-0.25, -0.2) is 0 Å². The molecule has 0 aliphatic rings. The van der Waals surface area contributed by atoms with Crippen LogP contribution in [-0.2, 0) is 9.53 Å². The molecule has 1 aromatic rings. The maximum absolute atomic E-state index is 11.8. The Kier molecular flexibility index (Phi) is 5.16. The van der Waals surface area contributed by atoms with Gasteiger partial charge in [-0.05, 0) is 50.5 Å². The van der Waals surface area contributed by atoms with Crippen molar-refractivity contribution in [2.45, 2.75) is 39.7 Å². The van der Waals surface area contributed by atoms with Crippen LogP contribution in [0, 0.1) is 13.8 Å². The fourth-order valence-electron chi connectivity index (χ4n) is 1.61. The fraction of sp³-hybridized carbons (Fsp3) is 0.500. The van der Waals surface area contributed by atoms with Gasteiger partial charge in [0.05, 0.1) is 17.5 Å². The third-order valence-corrected chi connectivity index (χ3v) is 3.12. The Morgan fingerprint density at radius 3 is 2.61 bits per heavy atom. The maximum atomic E-state index is 11.8. The third-order valence-electron chi connectivity index (χ3n) is 3.12. The van der Waals surface area contributed by atoms with Gasteiger partial charge in [-0.15, -0.1) is 0 Å². The number of hydrogen-bond donors (Lipinski definition) is 2. The number of nitrogens with two attached hydrogens (primary N) is 1. The quantitative estimate of drug-likeness (QED) is 0.790. The van der Waals surface area contributed by atoms with E-state index in [0.29, 0.717) is 24.2 Å². The summed E-state index contributed by atoms with van der Waals surface area (Å²) in [6.07, 6.45) is 1.22. The van der Waals surface area contributed by atoms with Crippen molar-refractivity contribution < 1.29 is 9.53 Å². The molecule has 0 heterocycles. The summed E-state index contributed by atoms with van der Waals surface area (Å²) in [6.45, 7) is 5.94. The van der Waals surface area contributed by atoms with Crippen LogP contribution in [0.25, 0.3) is 0 Å². The van der Waals surface area contributed by atoms with Gasteiger partial charge in [0.25, 0.3) is 0 Å². The van der Waals surface area contributed by atoms with Crippen molar-refractivity contribution in [1.29, 1.82) is 0 Å². The van der Waals surface area contributed by atoms with Crippen LogP contribution >= 0.6 is 0 Å². The normalized spacial score (nSPS) is 12.2. The first kappa shape index (κ1) is 14.5. The number of ether oxygens (including phenoxy) is 1. The zero-order chi connectivity index (χ0) is 13.7. The molecular formula is C14H22N2O2. The minimum absolute atomic E-state index is 0.0335. The Morgan fingerprint density at radius 1 is 1.39 bits per heavy atom. The maximum Gasteiger partial charge on any atom is 0.224 e. The molecule has 1 rings (SSSR count). The first-order valence-corrected chi connectivity index (χ1v) is 6.13. The number of amides is 1. The second kappa shape index (κ2) is 6.40. The SMILES string of the molecule is COC(C)CCC(=O)Nc1cc(C)c(C)cc1N. The zero-order valence-electron chi connectivity index (χ0n) is 11.5. The van der Waals surface area contributed by atoms with Crippen molar-refractivity contribution >= 4 is 17.3 Å². The van der Waals surface area contributed by atoms with Crippen molar-refractivity contribution in [2.24, 2.45) is 0 Å². The number of benzene rings is 1. The Labute approximate surface area is 109 Å². The summed E-state index contributed by atoms with van der Waals surface area (Å²) in [5.74, 6) is -0.0335. The number of carbonyl (C=O) groups excluding carboxylic acids is 1. The highest BCUT2D eigenvalue weighted by molar-refractivity contribution is 5.94. The molecule has 4 heteroatoms. The first-order valence-electron chi connectivity index (χ1n) is 6.13. The van der Waals surface area contributed by atoms with Crippen molar-refractivity contribution in [3.8, 4) is 0 Å². The summed E-state index contributed by atoms with van der Waals surface area (Å²) in [5, 5.41) is 2.84. The van der Waals surface area contributed by atoms with Crippen LogP contribution in [-0.4, -0.2) is 19.1 Å². The van der Waals surface area contributed by atoms with Crippen LogP contribution in [0.3, 0.4) is 0 Å². The van der Waals surface area contributed by atoms with Gasteiger partial charge in [0.15, 0.2) is 0 Å². The zero-order valence-corrected chi connectivity index (χ0v) is 11.5. The average Bonchev–Trinajstić information content (AvgIpc) is 2.33. The number of anilines is 2. The molecule has 0 aliphatic heterocycles. The molecule has 0 saturated carbocycles. The fourth-order valence-corrected chi connectivity index (χ4v) is 1.61. The number of methoxy groups -OCH3 is 1.